The molecule has 58 valence electrons. The summed E-state index contributed by atoms with van der Waals surface area (Å²) in [5.41, 5.74) is 0.0926. The SMILES string of the molecule is O=[N+]([O-])c1ccc(Cl)cc1I. The number of halogens is 2. The van der Waals surface area contributed by atoms with Crippen LogP contribution in [-0.4, -0.2) is 4.92 Å². The van der Waals surface area contributed by atoms with Crippen molar-refractivity contribution in [2.75, 3.05) is 0 Å². The number of nitro groups is 1. The van der Waals surface area contributed by atoms with E-state index in [1.54, 1.807) is 6.07 Å². The van der Waals surface area contributed by atoms with Crippen LogP contribution in [0.1, 0.15) is 0 Å². The highest BCUT2D eigenvalue weighted by molar-refractivity contribution is 14.1. The molecule has 1 rings (SSSR count). The Balaban J connectivity index is 3.20. The van der Waals surface area contributed by atoms with Gasteiger partial charge in [0, 0.05) is 11.1 Å². The van der Waals surface area contributed by atoms with Gasteiger partial charge in [0.05, 0.1) is 8.49 Å². The van der Waals surface area contributed by atoms with E-state index in [4.69, 9.17) is 11.6 Å². The monoisotopic (exact) mass is 283 g/mol. The average molecular weight is 283 g/mol. The van der Waals surface area contributed by atoms with Crippen LogP contribution < -0.4 is 0 Å². The van der Waals surface area contributed by atoms with Gasteiger partial charge in [-0.2, -0.15) is 0 Å². The molecule has 0 aliphatic heterocycles. The van der Waals surface area contributed by atoms with E-state index in [1.807, 2.05) is 22.6 Å². The minimum Gasteiger partial charge on any atom is -0.258 e. The Labute approximate surface area is 81.6 Å². The molecule has 0 spiro atoms. The molecule has 0 saturated heterocycles. The number of nitrogens with zero attached hydrogens (tertiary/aromatic N) is 1. The van der Waals surface area contributed by atoms with Crippen molar-refractivity contribution < 1.29 is 4.92 Å². The molecule has 0 aromatic heterocycles. The molecule has 0 aliphatic carbocycles. The predicted octanol–water partition coefficient (Wildman–Crippen LogP) is 2.85. The molecule has 0 atom stereocenters. The number of hydrogen-bond acceptors (Lipinski definition) is 2. The Bertz CT molecular complexity index is 303. The fourth-order valence-corrected chi connectivity index (χ4v) is 1.70. The predicted molar refractivity (Wildman–Crippen MR) is 50.8 cm³/mol. The van der Waals surface area contributed by atoms with Gasteiger partial charge < -0.3 is 0 Å². The van der Waals surface area contributed by atoms with Crippen molar-refractivity contribution in [3.63, 3.8) is 0 Å². The van der Waals surface area contributed by atoms with Gasteiger partial charge in [0.1, 0.15) is 0 Å². The van der Waals surface area contributed by atoms with Gasteiger partial charge in [-0.15, -0.1) is 0 Å². The van der Waals surface area contributed by atoms with Gasteiger partial charge in [0.15, 0.2) is 0 Å². The van der Waals surface area contributed by atoms with E-state index in [0.717, 1.165) is 0 Å². The normalized spacial score (nSPS) is 9.64. The first kappa shape index (κ1) is 8.73. The van der Waals surface area contributed by atoms with Gasteiger partial charge in [0.25, 0.3) is 5.69 Å². The highest BCUT2D eigenvalue weighted by Gasteiger charge is 2.10. The first-order valence-corrected chi connectivity index (χ1v) is 4.16. The van der Waals surface area contributed by atoms with Crippen molar-refractivity contribution in [3.05, 3.63) is 36.9 Å². The second kappa shape index (κ2) is 3.36. The van der Waals surface area contributed by atoms with E-state index in [0.29, 0.717) is 8.59 Å². The third kappa shape index (κ3) is 2.03. The van der Waals surface area contributed by atoms with Crippen LogP contribution in [0.4, 0.5) is 5.69 Å². The minimum atomic E-state index is -0.432. The highest BCUT2D eigenvalue weighted by atomic mass is 127. The largest absolute Gasteiger partial charge is 0.282 e. The molecular weight excluding hydrogens is 280 g/mol. The molecule has 0 saturated carbocycles. The Morgan fingerprint density at radius 2 is 2.18 bits per heavy atom. The number of hydrogen-bond donors (Lipinski definition) is 0. The highest BCUT2D eigenvalue weighted by Crippen LogP contribution is 2.23. The lowest BCUT2D eigenvalue weighted by atomic mass is 10.3. The summed E-state index contributed by atoms with van der Waals surface area (Å²) in [5, 5.41) is 10.8. The second-order valence-electron chi connectivity index (χ2n) is 1.85. The van der Waals surface area contributed by atoms with Gasteiger partial charge in [0.2, 0.25) is 0 Å². The van der Waals surface area contributed by atoms with Gasteiger partial charge in [-0.25, -0.2) is 0 Å². The van der Waals surface area contributed by atoms with E-state index in [9.17, 15) is 10.1 Å². The number of rotatable bonds is 1. The summed E-state index contributed by atoms with van der Waals surface area (Å²) in [4.78, 5) is 9.86. The lowest BCUT2D eigenvalue weighted by molar-refractivity contribution is -0.385. The maximum absolute atomic E-state index is 10.3. The van der Waals surface area contributed by atoms with Crippen LogP contribution in [0, 0.1) is 13.7 Å². The summed E-state index contributed by atoms with van der Waals surface area (Å²) in [7, 11) is 0. The zero-order chi connectivity index (χ0) is 8.43. The first-order chi connectivity index (χ1) is 5.11. The fraction of sp³-hybridized carbons (Fsp3) is 0. The average Bonchev–Trinajstić information content (AvgIpc) is 1.85. The Morgan fingerprint density at radius 1 is 1.55 bits per heavy atom. The molecular formula is C6H3ClINO2. The van der Waals surface area contributed by atoms with Crippen LogP contribution >= 0.6 is 34.2 Å². The van der Waals surface area contributed by atoms with E-state index >= 15 is 0 Å². The zero-order valence-electron chi connectivity index (χ0n) is 5.25. The molecule has 1 aromatic carbocycles. The summed E-state index contributed by atoms with van der Waals surface area (Å²) in [6.07, 6.45) is 0. The van der Waals surface area contributed by atoms with E-state index in [-0.39, 0.29) is 5.69 Å². The van der Waals surface area contributed by atoms with Gasteiger partial charge in [-0.1, -0.05) is 11.6 Å². The fourth-order valence-electron chi connectivity index (χ4n) is 0.629. The molecule has 5 heteroatoms. The molecule has 0 fully saturated rings. The number of benzene rings is 1. The van der Waals surface area contributed by atoms with E-state index < -0.39 is 4.92 Å². The van der Waals surface area contributed by atoms with Gasteiger partial charge >= 0.3 is 0 Å². The van der Waals surface area contributed by atoms with Crippen LogP contribution in [0.25, 0.3) is 0 Å². The maximum Gasteiger partial charge on any atom is 0.282 e. The molecule has 3 nitrogen and oxygen atoms in total. The van der Waals surface area contributed by atoms with Crippen molar-refractivity contribution in [1.82, 2.24) is 0 Å². The van der Waals surface area contributed by atoms with Crippen molar-refractivity contribution in [2.45, 2.75) is 0 Å². The lowest BCUT2D eigenvalue weighted by Crippen LogP contribution is -1.90. The van der Waals surface area contributed by atoms with Crippen molar-refractivity contribution in [3.8, 4) is 0 Å². The lowest BCUT2D eigenvalue weighted by Gasteiger charge is -1.94. The van der Waals surface area contributed by atoms with Gasteiger partial charge in [-0.05, 0) is 34.7 Å². The van der Waals surface area contributed by atoms with Gasteiger partial charge in [-0.3, -0.25) is 10.1 Å². The minimum absolute atomic E-state index is 0.0926. The van der Waals surface area contributed by atoms with Crippen molar-refractivity contribution >= 4 is 39.9 Å². The molecule has 0 heterocycles. The molecule has 11 heavy (non-hydrogen) atoms. The smallest absolute Gasteiger partial charge is 0.258 e. The third-order valence-corrected chi connectivity index (χ3v) is 2.21. The Morgan fingerprint density at radius 3 is 2.64 bits per heavy atom. The molecule has 1 aromatic rings. The van der Waals surface area contributed by atoms with Crippen LogP contribution in [-0.2, 0) is 0 Å². The third-order valence-electron chi connectivity index (χ3n) is 1.11. The molecule has 0 bridgehead atoms. The molecule has 0 amide bonds. The Kier molecular flexibility index (Phi) is 2.67. The standard InChI is InChI=1S/C6H3ClINO2/c7-4-1-2-6(9(10)11)5(8)3-4/h1-3H. The van der Waals surface area contributed by atoms with Crippen molar-refractivity contribution in [2.24, 2.45) is 0 Å². The summed E-state index contributed by atoms with van der Waals surface area (Å²) in [6.45, 7) is 0. The summed E-state index contributed by atoms with van der Waals surface area (Å²) < 4.78 is 0.556. The summed E-state index contributed by atoms with van der Waals surface area (Å²) >= 11 is 7.47. The first-order valence-electron chi connectivity index (χ1n) is 2.70. The quantitative estimate of drug-likeness (QED) is 0.452. The van der Waals surface area contributed by atoms with Crippen LogP contribution in [0.2, 0.25) is 5.02 Å². The topological polar surface area (TPSA) is 43.1 Å². The number of nitro benzene ring substituents is 1. The molecule has 0 aliphatic rings. The van der Waals surface area contributed by atoms with E-state index in [1.165, 1.54) is 12.1 Å². The summed E-state index contributed by atoms with van der Waals surface area (Å²) in [5.74, 6) is 0. The van der Waals surface area contributed by atoms with E-state index in [2.05, 4.69) is 0 Å². The molecule has 0 unspecified atom stereocenters. The van der Waals surface area contributed by atoms with Crippen molar-refractivity contribution in [1.29, 1.82) is 0 Å². The maximum atomic E-state index is 10.3. The summed E-state index contributed by atoms with van der Waals surface area (Å²) in [6, 6.07) is 4.45. The van der Waals surface area contributed by atoms with Crippen LogP contribution in [0.5, 0.6) is 0 Å². The zero-order valence-corrected chi connectivity index (χ0v) is 8.17. The Hall–Kier alpha value is -0.360. The molecule has 0 radical (unpaired) electrons. The van der Waals surface area contributed by atoms with Crippen LogP contribution in [0.3, 0.4) is 0 Å². The van der Waals surface area contributed by atoms with Crippen LogP contribution in [0.15, 0.2) is 18.2 Å². The second-order valence-corrected chi connectivity index (χ2v) is 3.45. The molecule has 0 N–H and O–H groups in total.